The molecule has 0 aliphatic carbocycles. The van der Waals surface area contributed by atoms with Crippen molar-refractivity contribution in [3.8, 4) is 0 Å². The summed E-state index contributed by atoms with van der Waals surface area (Å²) >= 11 is 0. The molecule has 0 aliphatic heterocycles. The molecule has 2 N–H and O–H groups in total. The lowest BCUT2D eigenvalue weighted by atomic mass is 10.2. The zero-order valence-corrected chi connectivity index (χ0v) is 10.5. The maximum Gasteiger partial charge on any atom is 0.259 e. The maximum absolute atomic E-state index is 13.0. The van der Waals surface area contributed by atoms with Gasteiger partial charge in [-0.2, -0.15) is 0 Å². The number of amides is 1. The zero-order chi connectivity index (χ0) is 13.8. The molecule has 1 amide bonds. The number of carbonyl (C=O) groups excluding carboxylic acids is 1. The summed E-state index contributed by atoms with van der Waals surface area (Å²) in [5.74, 6) is -0.842. The Morgan fingerprint density at radius 3 is 2.58 bits per heavy atom. The molecule has 0 spiro atoms. The van der Waals surface area contributed by atoms with Gasteiger partial charge in [0.1, 0.15) is 5.82 Å². The molecule has 19 heavy (non-hydrogen) atoms. The fourth-order valence-electron chi connectivity index (χ4n) is 1.70. The molecule has 0 fully saturated rings. The van der Waals surface area contributed by atoms with Crippen LogP contribution in [-0.2, 0) is 6.54 Å². The van der Waals surface area contributed by atoms with E-state index in [4.69, 9.17) is 5.73 Å². The normalized spacial score (nSPS) is 10.3. The summed E-state index contributed by atoms with van der Waals surface area (Å²) in [4.78, 5) is 17.3. The smallest absolute Gasteiger partial charge is 0.259 e. The summed E-state index contributed by atoms with van der Waals surface area (Å²) in [5, 5.41) is 0. The fourth-order valence-corrected chi connectivity index (χ4v) is 1.70. The summed E-state index contributed by atoms with van der Waals surface area (Å²) in [5.41, 5.74) is 7.42. The standard InChI is InChI=1S/C14H14FN3O/c1-18(13-4-2-10(7-16)3-5-13)14(19)11-6-12(15)9-17-8-11/h2-6,8-9H,7,16H2,1H3. The molecule has 0 saturated carbocycles. The van der Waals surface area contributed by atoms with E-state index in [9.17, 15) is 9.18 Å². The highest BCUT2D eigenvalue weighted by atomic mass is 19.1. The van der Waals surface area contributed by atoms with Crippen LogP contribution in [0.25, 0.3) is 0 Å². The first-order valence-electron chi connectivity index (χ1n) is 5.79. The van der Waals surface area contributed by atoms with Crippen LogP contribution in [0.3, 0.4) is 0 Å². The van der Waals surface area contributed by atoms with E-state index in [1.165, 1.54) is 17.2 Å². The number of hydrogen-bond acceptors (Lipinski definition) is 3. The lowest BCUT2D eigenvalue weighted by Crippen LogP contribution is -2.26. The SMILES string of the molecule is CN(C(=O)c1cncc(F)c1)c1ccc(CN)cc1. The van der Waals surface area contributed by atoms with Gasteiger partial charge in [-0.1, -0.05) is 12.1 Å². The number of nitrogens with two attached hydrogens (primary N) is 1. The molecule has 0 radical (unpaired) electrons. The number of halogens is 1. The van der Waals surface area contributed by atoms with Crippen molar-refractivity contribution in [2.24, 2.45) is 5.73 Å². The van der Waals surface area contributed by atoms with E-state index < -0.39 is 5.82 Å². The van der Waals surface area contributed by atoms with E-state index in [1.807, 2.05) is 12.1 Å². The number of benzene rings is 1. The molecule has 2 rings (SSSR count). The lowest BCUT2D eigenvalue weighted by molar-refractivity contribution is 0.0992. The van der Waals surface area contributed by atoms with Crippen LogP contribution in [0.15, 0.2) is 42.7 Å². The Kier molecular flexibility index (Phi) is 3.87. The molecule has 0 atom stereocenters. The molecule has 98 valence electrons. The quantitative estimate of drug-likeness (QED) is 0.916. The molecule has 1 aromatic heterocycles. The van der Waals surface area contributed by atoms with E-state index in [-0.39, 0.29) is 11.5 Å². The van der Waals surface area contributed by atoms with Crippen molar-refractivity contribution < 1.29 is 9.18 Å². The van der Waals surface area contributed by atoms with Crippen LogP contribution < -0.4 is 10.6 Å². The number of anilines is 1. The minimum atomic E-state index is -0.530. The van der Waals surface area contributed by atoms with Crippen LogP contribution >= 0.6 is 0 Å². The third-order valence-electron chi connectivity index (χ3n) is 2.82. The van der Waals surface area contributed by atoms with Crippen molar-refractivity contribution in [3.63, 3.8) is 0 Å². The van der Waals surface area contributed by atoms with Crippen molar-refractivity contribution in [2.75, 3.05) is 11.9 Å². The van der Waals surface area contributed by atoms with Crippen LogP contribution in [0, 0.1) is 5.82 Å². The second-order valence-electron chi connectivity index (χ2n) is 4.13. The Morgan fingerprint density at radius 2 is 2.00 bits per heavy atom. The van der Waals surface area contributed by atoms with E-state index in [1.54, 1.807) is 19.2 Å². The molecule has 2 aromatic rings. The van der Waals surface area contributed by atoms with Crippen molar-refractivity contribution in [3.05, 3.63) is 59.7 Å². The van der Waals surface area contributed by atoms with Gasteiger partial charge < -0.3 is 10.6 Å². The Balaban J connectivity index is 2.23. The molecule has 1 heterocycles. The average Bonchev–Trinajstić information content (AvgIpc) is 2.46. The van der Waals surface area contributed by atoms with Gasteiger partial charge in [0.2, 0.25) is 0 Å². The molecule has 4 nitrogen and oxygen atoms in total. The zero-order valence-electron chi connectivity index (χ0n) is 10.5. The summed E-state index contributed by atoms with van der Waals surface area (Å²) in [6.45, 7) is 0.450. The second kappa shape index (κ2) is 5.58. The highest BCUT2D eigenvalue weighted by Gasteiger charge is 2.14. The minimum absolute atomic E-state index is 0.213. The van der Waals surface area contributed by atoms with Crippen molar-refractivity contribution >= 4 is 11.6 Å². The molecule has 0 saturated heterocycles. The third kappa shape index (κ3) is 2.95. The Hall–Kier alpha value is -2.27. The van der Waals surface area contributed by atoms with E-state index in [0.29, 0.717) is 12.2 Å². The molecule has 1 aromatic carbocycles. The van der Waals surface area contributed by atoms with E-state index in [0.717, 1.165) is 11.8 Å². The van der Waals surface area contributed by atoms with Crippen molar-refractivity contribution in [1.82, 2.24) is 4.98 Å². The maximum atomic E-state index is 13.0. The predicted molar refractivity (Wildman–Crippen MR) is 71.3 cm³/mol. The number of hydrogen-bond donors (Lipinski definition) is 1. The van der Waals surface area contributed by atoms with Gasteiger partial charge in [0.25, 0.3) is 5.91 Å². The summed E-state index contributed by atoms with van der Waals surface area (Å²) in [6, 6.07) is 8.46. The van der Waals surface area contributed by atoms with Gasteiger partial charge in [-0.15, -0.1) is 0 Å². The van der Waals surface area contributed by atoms with E-state index in [2.05, 4.69) is 4.98 Å². The Labute approximate surface area is 110 Å². The largest absolute Gasteiger partial charge is 0.326 e. The van der Waals surface area contributed by atoms with Crippen LogP contribution in [0.1, 0.15) is 15.9 Å². The van der Waals surface area contributed by atoms with Crippen LogP contribution in [-0.4, -0.2) is 17.9 Å². The highest BCUT2D eigenvalue weighted by Crippen LogP contribution is 2.16. The second-order valence-corrected chi connectivity index (χ2v) is 4.13. The number of aromatic nitrogens is 1. The fraction of sp³-hybridized carbons (Fsp3) is 0.143. The average molecular weight is 259 g/mol. The first-order valence-corrected chi connectivity index (χ1v) is 5.79. The first-order chi connectivity index (χ1) is 9.11. The molecule has 0 aliphatic rings. The summed E-state index contributed by atoms with van der Waals surface area (Å²) in [7, 11) is 1.63. The predicted octanol–water partition coefficient (Wildman–Crippen LogP) is 1.96. The highest BCUT2D eigenvalue weighted by molar-refractivity contribution is 6.05. The molecule has 0 bridgehead atoms. The summed E-state index contributed by atoms with van der Waals surface area (Å²) < 4.78 is 13.0. The Bertz CT molecular complexity index is 583. The van der Waals surface area contributed by atoms with E-state index >= 15 is 0 Å². The van der Waals surface area contributed by atoms with Crippen molar-refractivity contribution in [2.45, 2.75) is 6.54 Å². The van der Waals surface area contributed by atoms with Crippen LogP contribution in [0.4, 0.5) is 10.1 Å². The number of nitrogens with zero attached hydrogens (tertiary/aromatic N) is 2. The number of rotatable bonds is 3. The number of pyridine rings is 1. The van der Waals surface area contributed by atoms with Gasteiger partial charge in [0.05, 0.1) is 11.8 Å². The van der Waals surface area contributed by atoms with Gasteiger partial charge in [0.15, 0.2) is 0 Å². The minimum Gasteiger partial charge on any atom is -0.326 e. The van der Waals surface area contributed by atoms with Gasteiger partial charge in [0, 0.05) is 25.5 Å². The lowest BCUT2D eigenvalue weighted by Gasteiger charge is -2.17. The molecule has 5 heteroatoms. The summed E-state index contributed by atoms with van der Waals surface area (Å²) in [6.07, 6.45) is 2.41. The first kappa shape index (κ1) is 13.2. The topological polar surface area (TPSA) is 59.2 Å². The molecular weight excluding hydrogens is 245 g/mol. The van der Waals surface area contributed by atoms with Crippen LogP contribution in [0.2, 0.25) is 0 Å². The van der Waals surface area contributed by atoms with Gasteiger partial charge in [-0.05, 0) is 23.8 Å². The third-order valence-corrected chi connectivity index (χ3v) is 2.82. The van der Waals surface area contributed by atoms with Gasteiger partial charge in [-0.3, -0.25) is 9.78 Å². The molecule has 0 unspecified atom stereocenters. The Morgan fingerprint density at radius 1 is 1.32 bits per heavy atom. The molecular formula is C14H14FN3O. The van der Waals surface area contributed by atoms with Crippen molar-refractivity contribution in [1.29, 1.82) is 0 Å². The van der Waals surface area contributed by atoms with Gasteiger partial charge in [-0.25, -0.2) is 4.39 Å². The van der Waals surface area contributed by atoms with Gasteiger partial charge >= 0.3 is 0 Å². The van der Waals surface area contributed by atoms with Crippen LogP contribution in [0.5, 0.6) is 0 Å². The monoisotopic (exact) mass is 259 g/mol. The number of carbonyl (C=O) groups is 1.